The average Bonchev–Trinajstić information content (AvgIpc) is 2.85. The zero-order chi connectivity index (χ0) is 24.3. The van der Waals surface area contributed by atoms with E-state index in [1.807, 2.05) is 0 Å². The monoisotopic (exact) mass is 471 g/mol. The van der Waals surface area contributed by atoms with Gasteiger partial charge in [0.1, 0.15) is 23.3 Å². The predicted molar refractivity (Wildman–Crippen MR) is 138 cm³/mol. The number of unbranched alkanes of at least 4 members (excludes halogenated alkanes) is 7. The third-order valence-electron chi connectivity index (χ3n) is 9.26. The van der Waals surface area contributed by atoms with Gasteiger partial charge in [-0.3, -0.25) is 0 Å². The Hall–Kier alpha value is -1.43. The van der Waals surface area contributed by atoms with Gasteiger partial charge in [-0.25, -0.2) is 8.78 Å². The molecular formula is C31H47F2N. The Morgan fingerprint density at radius 1 is 0.794 bits per heavy atom. The van der Waals surface area contributed by atoms with Crippen molar-refractivity contribution in [3.05, 3.63) is 34.9 Å². The van der Waals surface area contributed by atoms with Crippen LogP contribution < -0.4 is 0 Å². The molecule has 2 aliphatic carbocycles. The Morgan fingerprint density at radius 3 is 1.82 bits per heavy atom. The molecule has 1 nitrogen and oxygen atoms in total. The fourth-order valence-electron chi connectivity index (χ4n) is 6.87. The van der Waals surface area contributed by atoms with E-state index in [1.54, 1.807) is 6.07 Å². The highest BCUT2D eigenvalue weighted by Gasteiger charge is 2.33. The molecule has 0 radical (unpaired) electrons. The van der Waals surface area contributed by atoms with Crippen molar-refractivity contribution >= 4 is 0 Å². The topological polar surface area (TPSA) is 23.8 Å². The quantitative estimate of drug-likeness (QED) is 0.278. The summed E-state index contributed by atoms with van der Waals surface area (Å²) in [5, 5.41) is 8.90. The van der Waals surface area contributed by atoms with Gasteiger partial charge in [-0.2, -0.15) is 5.26 Å². The van der Waals surface area contributed by atoms with Gasteiger partial charge >= 0.3 is 0 Å². The summed E-state index contributed by atoms with van der Waals surface area (Å²) in [6.45, 7) is 4.75. The molecule has 2 aliphatic rings. The molecule has 1 aromatic carbocycles. The zero-order valence-corrected chi connectivity index (χ0v) is 21.8. The highest BCUT2D eigenvalue weighted by Crippen LogP contribution is 2.45. The van der Waals surface area contributed by atoms with Crippen LogP contribution in [0.1, 0.15) is 140 Å². The summed E-state index contributed by atoms with van der Waals surface area (Å²) in [5.74, 6) is 2.13. The van der Waals surface area contributed by atoms with Crippen molar-refractivity contribution in [1.82, 2.24) is 0 Å². The van der Waals surface area contributed by atoms with Crippen LogP contribution in [0.15, 0.2) is 12.1 Å². The largest absolute Gasteiger partial charge is 0.205 e. The van der Waals surface area contributed by atoms with Crippen molar-refractivity contribution in [2.24, 2.45) is 23.7 Å². The molecule has 0 N–H and O–H groups in total. The molecule has 2 fully saturated rings. The molecule has 3 heteroatoms. The van der Waals surface area contributed by atoms with Crippen LogP contribution in [0.5, 0.6) is 0 Å². The second-order valence-corrected chi connectivity index (χ2v) is 11.5. The van der Waals surface area contributed by atoms with E-state index in [2.05, 4.69) is 13.8 Å². The molecule has 1 unspecified atom stereocenters. The fraction of sp³-hybridized carbons (Fsp3) is 0.774. The van der Waals surface area contributed by atoms with Gasteiger partial charge in [0.25, 0.3) is 0 Å². The Labute approximate surface area is 207 Å². The first-order valence-electron chi connectivity index (χ1n) is 14.4. The Morgan fingerprint density at radius 2 is 1.29 bits per heavy atom. The second-order valence-electron chi connectivity index (χ2n) is 11.5. The maximum atomic E-state index is 14.1. The van der Waals surface area contributed by atoms with Crippen LogP contribution >= 0.6 is 0 Å². The molecule has 0 spiro atoms. The number of nitrogens with zero attached hydrogens (tertiary/aromatic N) is 1. The molecule has 3 rings (SSSR count). The molecule has 1 atom stereocenters. The van der Waals surface area contributed by atoms with Crippen LogP contribution in [0.2, 0.25) is 0 Å². The number of nitriles is 1. The highest BCUT2D eigenvalue weighted by atomic mass is 19.1. The predicted octanol–water partition coefficient (Wildman–Crippen LogP) is 10.1. The van der Waals surface area contributed by atoms with E-state index in [0.29, 0.717) is 0 Å². The van der Waals surface area contributed by atoms with Gasteiger partial charge in [0.15, 0.2) is 0 Å². The van der Waals surface area contributed by atoms with E-state index in [1.165, 1.54) is 95.6 Å². The number of benzene rings is 1. The Bertz CT molecular complexity index is 743. The molecule has 0 aromatic heterocycles. The summed E-state index contributed by atoms with van der Waals surface area (Å²) in [4.78, 5) is 0. The molecule has 190 valence electrons. The first-order chi connectivity index (χ1) is 16.5. The lowest BCUT2D eigenvalue weighted by atomic mass is 9.66. The van der Waals surface area contributed by atoms with Crippen molar-refractivity contribution in [2.75, 3.05) is 0 Å². The SMILES string of the molecule is CCCCCCCCCCC1CCC(C(C)[C@H]2CC[C@H](c3cc(F)c(C#N)c(F)c3)CC2)CC1. The van der Waals surface area contributed by atoms with Crippen molar-refractivity contribution in [3.63, 3.8) is 0 Å². The Kier molecular flexibility index (Phi) is 11.4. The first kappa shape index (κ1) is 27.2. The molecule has 0 heterocycles. The highest BCUT2D eigenvalue weighted by molar-refractivity contribution is 5.36. The van der Waals surface area contributed by atoms with Crippen molar-refractivity contribution in [1.29, 1.82) is 5.26 Å². The van der Waals surface area contributed by atoms with E-state index in [-0.39, 0.29) is 5.92 Å². The number of halogens is 2. The van der Waals surface area contributed by atoms with Crippen molar-refractivity contribution < 1.29 is 8.78 Å². The lowest BCUT2D eigenvalue weighted by Gasteiger charge is -2.39. The van der Waals surface area contributed by atoms with E-state index < -0.39 is 17.2 Å². The number of hydrogen-bond donors (Lipinski definition) is 0. The maximum Gasteiger partial charge on any atom is 0.144 e. The van der Waals surface area contributed by atoms with Gasteiger partial charge in [-0.05, 0) is 85.8 Å². The summed E-state index contributed by atoms with van der Waals surface area (Å²) in [6.07, 6.45) is 22.7. The van der Waals surface area contributed by atoms with Gasteiger partial charge in [0.2, 0.25) is 0 Å². The minimum atomic E-state index is -0.711. The standard InChI is InChI=1S/C31H47F2N/c1-3-4-5-6-7-8-9-10-11-24-12-14-25(15-13-24)23(2)26-16-18-27(19-17-26)28-20-30(32)29(22-34)31(33)21-28/h20-21,23-27H,3-19H2,1-2H3/t23?,24?,25?,26-,27-. The maximum absolute atomic E-state index is 14.1. The van der Waals surface area contributed by atoms with Crippen molar-refractivity contribution in [2.45, 2.75) is 129 Å². The molecule has 0 bridgehead atoms. The third kappa shape index (κ3) is 7.79. The minimum absolute atomic E-state index is 0.225. The second kappa shape index (κ2) is 14.2. The fourth-order valence-corrected chi connectivity index (χ4v) is 6.87. The average molecular weight is 472 g/mol. The van der Waals surface area contributed by atoms with Crippen LogP contribution in [0.25, 0.3) is 0 Å². The van der Waals surface area contributed by atoms with Crippen LogP contribution in [-0.4, -0.2) is 0 Å². The minimum Gasteiger partial charge on any atom is -0.205 e. The van der Waals surface area contributed by atoms with Crippen LogP contribution in [-0.2, 0) is 0 Å². The molecule has 2 saturated carbocycles. The number of rotatable bonds is 12. The van der Waals surface area contributed by atoms with Crippen LogP contribution in [0.4, 0.5) is 8.78 Å². The van der Waals surface area contributed by atoms with E-state index in [4.69, 9.17) is 5.26 Å². The molecule has 34 heavy (non-hydrogen) atoms. The summed E-state index contributed by atoms with van der Waals surface area (Å²) in [5.41, 5.74) is 0.283. The Balaban J connectivity index is 1.33. The first-order valence-corrected chi connectivity index (χ1v) is 14.4. The van der Waals surface area contributed by atoms with Crippen LogP contribution in [0.3, 0.4) is 0 Å². The van der Waals surface area contributed by atoms with Crippen LogP contribution in [0, 0.1) is 46.6 Å². The molecule has 0 saturated heterocycles. The summed E-state index contributed by atoms with van der Waals surface area (Å²) < 4.78 is 28.1. The summed E-state index contributed by atoms with van der Waals surface area (Å²) in [6, 6.07) is 4.42. The smallest absolute Gasteiger partial charge is 0.144 e. The van der Waals surface area contributed by atoms with E-state index in [0.717, 1.165) is 54.9 Å². The zero-order valence-electron chi connectivity index (χ0n) is 21.8. The van der Waals surface area contributed by atoms with Gasteiger partial charge < -0.3 is 0 Å². The van der Waals surface area contributed by atoms with Crippen molar-refractivity contribution in [3.8, 4) is 6.07 Å². The van der Waals surface area contributed by atoms with E-state index >= 15 is 0 Å². The molecule has 0 amide bonds. The third-order valence-corrected chi connectivity index (χ3v) is 9.26. The van der Waals surface area contributed by atoms with E-state index in [9.17, 15) is 8.78 Å². The number of hydrogen-bond acceptors (Lipinski definition) is 1. The lowest BCUT2D eigenvalue weighted by Crippen LogP contribution is -2.28. The van der Waals surface area contributed by atoms with Gasteiger partial charge in [0, 0.05) is 0 Å². The van der Waals surface area contributed by atoms with Gasteiger partial charge in [0.05, 0.1) is 0 Å². The molecular weight excluding hydrogens is 424 g/mol. The lowest BCUT2D eigenvalue weighted by molar-refractivity contribution is 0.131. The summed E-state index contributed by atoms with van der Waals surface area (Å²) in [7, 11) is 0. The van der Waals surface area contributed by atoms with Gasteiger partial charge in [-0.15, -0.1) is 0 Å². The van der Waals surface area contributed by atoms with Gasteiger partial charge in [-0.1, -0.05) is 84.5 Å². The molecule has 1 aromatic rings. The normalized spacial score (nSPS) is 26.2. The summed E-state index contributed by atoms with van der Waals surface area (Å²) >= 11 is 0. The molecule has 0 aliphatic heterocycles.